The van der Waals surface area contributed by atoms with E-state index < -0.39 is 0 Å². The van der Waals surface area contributed by atoms with E-state index >= 15 is 0 Å². The van der Waals surface area contributed by atoms with Gasteiger partial charge in [0.1, 0.15) is 0 Å². The normalized spacial score (nSPS) is 13.2. The van der Waals surface area contributed by atoms with Crippen LogP contribution in [0.5, 0.6) is 0 Å². The number of rotatable bonds is 5. The number of hydrogen-bond donors (Lipinski definition) is 0. The van der Waals surface area contributed by atoms with Crippen molar-refractivity contribution in [3.8, 4) is 0 Å². The average molecular weight is 242 g/mol. The second kappa shape index (κ2) is 6.19. The highest BCUT2D eigenvalue weighted by Crippen LogP contribution is 2.22. The van der Waals surface area contributed by atoms with Gasteiger partial charge in [0.05, 0.1) is 12.2 Å². The average Bonchev–Trinajstić information content (AvgIpc) is 2.42. The van der Waals surface area contributed by atoms with Crippen molar-refractivity contribution >= 4 is 16.6 Å². The van der Waals surface area contributed by atoms with E-state index in [4.69, 9.17) is 0 Å². The van der Waals surface area contributed by atoms with E-state index in [1.54, 1.807) is 6.20 Å². The van der Waals surface area contributed by atoms with Gasteiger partial charge < -0.3 is 0 Å². The van der Waals surface area contributed by atoms with Gasteiger partial charge in [0.15, 0.2) is 0 Å². The third-order valence-electron chi connectivity index (χ3n) is 2.88. The number of azo groups is 1. The molecule has 1 aromatic carbocycles. The van der Waals surface area contributed by atoms with E-state index in [2.05, 4.69) is 34.3 Å². The second-order valence-corrected chi connectivity index (χ2v) is 4.46. The minimum absolute atomic E-state index is 0.241. The lowest BCUT2D eigenvalue weighted by atomic mass is 10.2. The third kappa shape index (κ3) is 3.09. The Balaban J connectivity index is 2.18. The van der Waals surface area contributed by atoms with Gasteiger partial charge in [-0.15, -0.1) is 10.2 Å². The molecule has 0 aliphatic heterocycles. The molecule has 0 saturated carbocycles. The number of benzene rings is 1. The quantitative estimate of drug-likeness (QED) is 0.734. The summed E-state index contributed by atoms with van der Waals surface area (Å²) in [5, 5.41) is 18.6. The molecule has 4 heteroatoms. The van der Waals surface area contributed by atoms with Gasteiger partial charge in [-0.05, 0) is 13.3 Å². The number of nitrogens with zero attached hydrogens (tertiary/aromatic N) is 4. The summed E-state index contributed by atoms with van der Waals surface area (Å²) >= 11 is 0. The molecule has 2 rings (SSSR count). The summed E-state index contributed by atoms with van der Waals surface area (Å²) in [6.45, 7) is 4.26. The maximum atomic E-state index is 4.30. The number of hydrogen-bond acceptors (Lipinski definition) is 4. The number of unbranched alkanes of at least 4 members (excludes halogenated alkanes) is 1. The monoisotopic (exact) mass is 242 g/mol. The van der Waals surface area contributed by atoms with Crippen molar-refractivity contribution in [3.63, 3.8) is 0 Å². The first-order valence-corrected chi connectivity index (χ1v) is 6.42. The summed E-state index contributed by atoms with van der Waals surface area (Å²) in [5.74, 6) is 0.608. The molecule has 1 aromatic heterocycles. The molecule has 2 aromatic rings. The lowest BCUT2D eigenvalue weighted by molar-refractivity contribution is 0.596. The van der Waals surface area contributed by atoms with Gasteiger partial charge in [-0.2, -0.15) is 10.2 Å². The first-order valence-electron chi connectivity index (χ1n) is 6.42. The predicted molar refractivity (Wildman–Crippen MR) is 73.0 cm³/mol. The first kappa shape index (κ1) is 12.6. The number of fused-ring (bicyclic) bond motifs is 1. The minimum Gasteiger partial charge on any atom is -0.184 e. The zero-order valence-electron chi connectivity index (χ0n) is 10.9. The summed E-state index contributed by atoms with van der Waals surface area (Å²) in [7, 11) is 0. The summed E-state index contributed by atoms with van der Waals surface area (Å²) in [4.78, 5) is 0. The summed E-state index contributed by atoms with van der Waals surface area (Å²) in [6.07, 6.45) is 5.18. The standard InChI is InChI=1S/C14H18N4/c1-3-4-7-11(2)16-18-14-13-9-6-5-8-12(13)10-15-17-14/h5-6,8-11H,3-4,7H2,1-2H3. The van der Waals surface area contributed by atoms with Crippen LogP contribution in [-0.2, 0) is 0 Å². The molecular weight excluding hydrogens is 224 g/mol. The fourth-order valence-corrected chi connectivity index (χ4v) is 1.80. The van der Waals surface area contributed by atoms with Crippen molar-refractivity contribution < 1.29 is 0 Å². The van der Waals surface area contributed by atoms with Gasteiger partial charge in [0, 0.05) is 10.8 Å². The van der Waals surface area contributed by atoms with Gasteiger partial charge in [-0.25, -0.2) is 0 Å². The van der Waals surface area contributed by atoms with Crippen molar-refractivity contribution in [2.75, 3.05) is 0 Å². The number of aromatic nitrogens is 2. The maximum Gasteiger partial charge on any atom is 0.203 e. The Morgan fingerprint density at radius 3 is 2.94 bits per heavy atom. The van der Waals surface area contributed by atoms with Gasteiger partial charge >= 0.3 is 0 Å². The third-order valence-corrected chi connectivity index (χ3v) is 2.88. The van der Waals surface area contributed by atoms with Crippen LogP contribution in [0, 0.1) is 0 Å². The molecule has 0 spiro atoms. The molecule has 1 heterocycles. The molecule has 0 N–H and O–H groups in total. The van der Waals surface area contributed by atoms with Gasteiger partial charge in [0.2, 0.25) is 5.82 Å². The Morgan fingerprint density at radius 1 is 1.28 bits per heavy atom. The van der Waals surface area contributed by atoms with E-state index in [1.165, 1.54) is 12.8 Å². The maximum absolute atomic E-state index is 4.30. The van der Waals surface area contributed by atoms with Crippen LogP contribution in [0.15, 0.2) is 40.7 Å². The van der Waals surface area contributed by atoms with E-state index in [1.807, 2.05) is 24.3 Å². The minimum atomic E-state index is 0.241. The highest BCUT2D eigenvalue weighted by atomic mass is 15.2. The Morgan fingerprint density at radius 2 is 2.11 bits per heavy atom. The van der Waals surface area contributed by atoms with Crippen LogP contribution in [0.4, 0.5) is 5.82 Å². The molecule has 0 fully saturated rings. The van der Waals surface area contributed by atoms with E-state index in [9.17, 15) is 0 Å². The Labute approximate surface area is 107 Å². The molecular formula is C14H18N4. The van der Waals surface area contributed by atoms with Crippen molar-refractivity contribution in [1.29, 1.82) is 0 Å². The molecule has 94 valence electrons. The van der Waals surface area contributed by atoms with Crippen LogP contribution in [0.3, 0.4) is 0 Å². The molecule has 0 bridgehead atoms. The lowest BCUT2D eigenvalue weighted by Gasteiger charge is -2.03. The molecule has 4 nitrogen and oxygen atoms in total. The Bertz CT molecular complexity index is 531. The smallest absolute Gasteiger partial charge is 0.184 e. The Hall–Kier alpha value is -1.84. The SMILES string of the molecule is CCCCC(C)N=Nc1nncc2ccccc12. The second-order valence-electron chi connectivity index (χ2n) is 4.46. The van der Waals surface area contributed by atoms with Gasteiger partial charge in [-0.3, -0.25) is 0 Å². The van der Waals surface area contributed by atoms with Crippen molar-refractivity contribution in [1.82, 2.24) is 10.2 Å². The lowest BCUT2D eigenvalue weighted by Crippen LogP contribution is -1.95. The van der Waals surface area contributed by atoms with Gasteiger partial charge in [-0.1, -0.05) is 44.0 Å². The zero-order valence-corrected chi connectivity index (χ0v) is 10.9. The van der Waals surface area contributed by atoms with Crippen molar-refractivity contribution in [2.45, 2.75) is 39.2 Å². The van der Waals surface area contributed by atoms with E-state index in [0.717, 1.165) is 17.2 Å². The van der Waals surface area contributed by atoms with Gasteiger partial charge in [0.25, 0.3) is 0 Å². The highest BCUT2D eigenvalue weighted by molar-refractivity contribution is 5.89. The largest absolute Gasteiger partial charge is 0.203 e. The zero-order chi connectivity index (χ0) is 12.8. The van der Waals surface area contributed by atoms with Crippen LogP contribution in [0.2, 0.25) is 0 Å². The molecule has 0 aliphatic rings. The van der Waals surface area contributed by atoms with Crippen LogP contribution in [0.25, 0.3) is 10.8 Å². The Kier molecular flexibility index (Phi) is 4.34. The fourth-order valence-electron chi connectivity index (χ4n) is 1.80. The van der Waals surface area contributed by atoms with Crippen LogP contribution >= 0.6 is 0 Å². The van der Waals surface area contributed by atoms with Crippen molar-refractivity contribution in [2.24, 2.45) is 10.2 Å². The van der Waals surface area contributed by atoms with E-state index in [-0.39, 0.29) is 6.04 Å². The topological polar surface area (TPSA) is 50.5 Å². The molecule has 18 heavy (non-hydrogen) atoms. The molecule has 0 saturated heterocycles. The molecule has 0 radical (unpaired) electrons. The molecule has 0 amide bonds. The van der Waals surface area contributed by atoms with E-state index in [0.29, 0.717) is 5.82 Å². The van der Waals surface area contributed by atoms with Crippen LogP contribution in [0.1, 0.15) is 33.1 Å². The predicted octanol–water partition coefficient (Wildman–Crippen LogP) is 4.29. The summed E-state index contributed by atoms with van der Waals surface area (Å²) < 4.78 is 0. The molecule has 0 aliphatic carbocycles. The first-order chi connectivity index (χ1) is 8.81. The highest BCUT2D eigenvalue weighted by Gasteiger charge is 2.02. The fraction of sp³-hybridized carbons (Fsp3) is 0.429. The van der Waals surface area contributed by atoms with Crippen LogP contribution < -0.4 is 0 Å². The summed E-state index contributed by atoms with van der Waals surface area (Å²) in [5.41, 5.74) is 0. The molecule has 1 unspecified atom stereocenters. The van der Waals surface area contributed by atoms with Crippen molar-refractivity contribution in [3.05, 3.63) is 30.5 Å². The molecule has 1 atom stereocenters. The summed E-state index contributed by atoms with van der Waals surface area (Å²) in [6, 6.07) is 8.20. The van der Waals surface area contributed by atoms with Crippen LogP contribution in [-0.4, -0.2) is 16.2 Å².